The van der Waals surface area contributed by atoms with E-state index in [4.69, 9.17) is 0 Å². The molecule has 1 spiro atoms. The van der Waals surface area contributed by atoms with Gasteiger partial charge in [0.1, 0.15) is 5.69 Å². The smallest absolute Gasteiger partial charge is 0.229 e. The van der Waals surface area contributed by atoms with Crippen LogP contribution in [0.25, 0.3) is 11.4 Å². The van der Waals surface area contributed by atoms with Gasteiger partial charge in [-0.1, -0.05) is 6.07 Å². The predicted octanol–water partition coefficient (Wildman–Crippen LogP) is 3.38. The van der Waals surface area contributed by atoms with E-state index in [1.165, 1.54) is 11.3 Å². The summed E-state index contributed by atoms with van der Waals surface area (Å²) in [4.78, 5) is 21.2. The number of pyridine rings is 1. The number of nitrogens with zero attached hydrogens (tertiary/aromatic N) is 2. The summed E-state index contributed by atoms with van der Waals surface area (Å²) in [6.45, 7) is 2.07. The van der Waals surface area contributed by atoms with Gasteiger partial charge in [0.05, 0.1) is 5.69 Å². The monoisotopic (exact) mass is 386 g/mol. The Bertz CT molecular complexity index is 688. The Labute approximate surface area is 157 Å². The van der Waals surface area contributed by atoms with Gasteiger partial charge in [0.2, 0.25) is 5.91 Å². The van der Waals surface area contributed by atoms with E-state index in [0.717, 1.165) is 43.7 Å². The molecule has 1 saturated carbocycles. The Kier molecular flexibility index (Phi) is 6.20. The molecule has 1 saturated heterocycles. The van der Waals surface area contributed by atoms with Crippen LogP contribution in [-0.2, 0) is 4.79 Å². The van der Waals surface area contributed by atoms with Crippen LogP contribution in [0.3, 0.4) is 0 Å². The minimum Gasteiger partial charge on any atom is -0.317 e. The summed E-state index contributed by atoms with van der Waals surface area (Å²) in [5, 5.41) is 8.95. The van der Waals surface area contributed by atoms with Gasteiger partial charge in [-0.25, -0.2) is 4.98 Å². The third-order valence-electron chi connectivity index (χ3n) is 4.77. The molecule has 130 valence electrons. The molecule has 0 aromatic carbocycles. The molecule has 3 heterocycles. The fourth-order valence-electron chi connectivity index (χ4n) is 3.35. The lowest BCUT2D eigenvalue weighted by Gasteiger charge is -2.22. The highest BCUT2D eigenvalue weighted by molar-refractivity contribution is 7.14. The first-order valence-electron chi connectivity index (χ1n) is 7.65. The molecule has 0 bridgehead atoms. The van der Waals surface area contributed by atoms with Crippen molar-refractivity contribution in [2.24, 2.45) is 11.3 Å². The first kappa shape index (κ1) is 19.1. The highest BCUT2D eigenvalue weighted by atomic mass is 35.5. The maximum Gasteiger partial charge on any atom is 0.229 e. The summed E-state index contributed by atoms with van der Waals surface area (Å²) in [5.74, 6) is 0.292. The molecule has 2 N–H and O–H groups in total. The molecule has 2 aromatic rings. The molecule has 1 unspecified atom stereocenters. The number of rotatable bonds is 3. The number of hydrogen-bond donors (Lipinski definition) is 2. The highest BCUT2D eigenvalue weighted by Gasteiger charge is 2.57. The first-order chi connectivity index (χ1) is 10.8. The van der Waals surface area contributed by atoms with Crippen LogP contribution in [0, 0.1) is 11.3 Å². The second-order valence-electron chi connectivity index (χ2n) is 6.11. The Morgan fingerprint density at radius 2 is 2.04 bits per heavy atom. The zero-order valence-electron chi connectivity index (χ0n) is 13.0. The van der Waals surface area contributed by atoms with Crippen LogP contribution in [0.1, 0.15) is 19.3 Å². The van der Waals surface area contributed by atoms with Crippen LogP contribution in [0.15, 0.2) is 29.8 Å². The number of nitrogens with one attached hydrogen (secondary N) is 2. The molecule has 4 rings (SSSR count). The number of carbonyl (C=O) groups is 1. The van der Waals surface area contributed by atoms with Gasteiger partial charge in [-0.2, -0.15) is 0 Å². The standard InChI is InChI=1S/C16H18N4OS.2ClH/c21-14(11-9-16(11)4-7-17-8-5-16)20-15-19-13(10-22-15)12-3-1-2-6-18-12;;/h1-3,6,10-11,17H,4-5,7-9H2,(H,19,20,21);2*1H. The van der Waals surface area contributed by atoms with E-state index in [1.54, 1.807) is 6.20 Å². The number of piperidine rings is 1. The maximum absolute atomic E-state index is 12.4. The van der Waals surface area contributed by atoms with E-state index in [1.807, 2.05) is 23.6 Å². The molecule has 2 aromatic heterocycles. The van der Waals surface area contributed by atoms with Gasteiger partial charge in [-0.05, 0) is 49.9 Å². The Morgan fingerprint density at radius 1 is 1.25 bits per heavy atom. The van der Waals surface area contributed by atoms with E-state index in [0.29, 0.717) is 5.13 Å². The average molecular weight is 387 g/mol. The highest BCUT2D eigenvalue weighted by Crippen LogP contribution is 2.58. The molecule has 24 heavy (non-hydrogen) atoms. The lowest BCUT2D eigenvalue weighted by Crippen LogP contribution is -2.31. The number of carbonyl (C=O) groups excluding carboxylic acids is 1. The molecule has 1 amide bonds. The van der Waals surface area contributed by atoms with Crippen molar-refractivity contribution in [1.29, 1.82) is 0 Å². The Balaban J connectivity index is 0.00000104. The topological polar surface area (TPSA) is 66.9 Å². The van der Waals surface area contributed by atoms with E-state index in [2.05, 4.69) is 20.6 Å². The molecule has 8 heteroatoms. The number of aromatic nitrogens is 2. The molecule has 2 aliphatic rings. The predicted molar refractivity (Wildman–Crippen MR) is 101 cm³/mol. The zero-order chi connectivity index (χ0) is 15.0. The van der Waals surface area contributed by atoms with Gasteiger partial charge in [0.25, 0.3) is 0 Å². The Hall–Kier alpha value is -1.21. The van der Waals surface area contributed by atoms with Crippen LogP contribution >= 0.6 is 36.2 Å². The van der Waals surface area contributed by atoms with Gasteiger partial charge in [-0.15, -0.1) is 36.2 Å². The number of halogens is 2. The zero-order valence-corrected chi connectivity index (χ0v) is 15.5. The van der Waals surface area contributed by atoms with Crippen molar-refractivity contribution in [3.05, 3.63) is 29.8 Å². The summed E-state index contributed by atoms with van der Waals surface area (Å²) in [6, 6.07) is 5.74. The molecule has 1 aliphatic heterocycles. The summed E-state index contributed by atoms with van der Waals surface area (Å²) >= 11 is 1.46. The lowest BCUT2D eigenvalue weighted by atomic mass is 9.92. The van der Waals surface area contributed by atoms with E-state index >= 15 is 0 Å². The minimum absolute atomic E-state index is 0. The first-order valence-corrected chi connectivity index (χ1v) is 8.53. The lowest BCUT2D eigenvalue weighted by molar-refractivity contribution is -0.118. The van der Waals surface area contributed by atoms with Crippen molar-refractivity contribution in [2.45, 2.75) is 19.3 Å². The van der Waals surface area contributed by atoms with Crippen molar-refractivity contribution < 1.29 is 4.79 Å². The van der Waals surface area contributed by atoms with Crippen LogP contribution in [-0.4, -0.2) is 29.0 Å². The summed E-state index contributed by atoms with van der Waals surface area (Å²) in [6.07, 6.45) is 5.00. The summed E-state index contributed by atoms with van der Waals surface area (Å²) in [7, 11) is 0. The molecular weight excluding hydrogens is 367 g/mol. The summed E-state index contributed by atoms with van der Waals surface area (Å²) in [5.41, 5.74) is 1.91. The molecule has 2 fully saturated rings. The van der Waals surface area contributed by atoms with Crippen molar-refractivity contribution in [2.75, 3.05) is 18.4 Å². The minimum atomic E-state index is 0. The fourth-order valence-corrected chi connectivity index (χ4v) is 4.06. The molecule has 5 nitrogen and oxygen atoms in total. The quantitative estimate of drug-likeness (QED) is 0.848. The summed E-state index contributed by atoms with van der Waals surface area (Å²) < 4.78 is 0. The van der Waals surface area contributed by atoms with Crippen LogP contribution < -0.4 is 10.6 Å². The second kappa shape index (κ2) is 7.78. The molecular formula is C16H20Cl2N4OS. The molecule has 1 atom stereocenters. The third-order valence-corrected chi connectivity index (χ3v) is 5.52. The average Bonchev–Trinajstić information content (AvgIpc) is 3.04. The van der Waals surface area contributed by atoms with Crippen molar-refractivity contribution in [3.63, 3.8) is 0 Å². The largest absolute Gasteiger partial charge is 0.317 e. The van der Waals surface area contributed by atoms with Gasteiger partial charge in [-0.3, -0.25) is 9.78 Å². The number of thiazole rings is 1. The number of amides is 1. The number of hydrogen-bond acceptors (Lipinski definition) is 5. The normalized spacial score (nSPS) is 20.6. The van der Waals surface area contributed by atoms with E-state index in [-0.39, 0.29) is 42.1 Å². The molecule has 1 aliphatic carbocycles. The third kappa shape index (κ3) is 3.72. The SMILES string of the molecule is Cl.Cl.O=C(Nc1nc(-c2ccccn2)cs1)C1CC12CCNCC2. The van der Waals surface area contributed by atoms with E-state index in [9.17, 15) is 4.79 Å². The maximum atomic E-state index is 12.4. The van der Waals surface area contributed by atoms with E-state index < -0.39 is 0 Å². The van der Waals surface area contributed by atoms with Crippen molar-refractivity contribution >= 4 is 47.2 Å². The van der Waals surface area contributed by atoms with Crippen LogP contribution in [0.2, 0.25) is 0 Å². The van der Waals surface area contributed by atoms with Crippen LogP contribution in [0.4, 0.5) is 5.13 Å². The van der Waals surface area contributed by atoms with Gasteiger partial charge >= 0.3 is 0 Å². The van der Waals surface area contributed by atoms with Crippen molar-refractivity contribution in [3.8, 4) is 11.4 Å². The molecule has 0 radical (unpaired) electrons. The number of anilines is 1. The van der Waals surface area contributed by atoms with Gasteiger partial charge < -0.3 is 10.6 Å². The second-order valence-corrected chi connectivity index (χ2v) is 6.97. The fraction of sp³-hybridized carbons (Fsp3) is 0.438. The van der Waals surface area contributed by atoms with Gasteiger partial charge in [0, 0.05) is 17.5 Å². The van der Waals surface area contributed by atoms with Crippen LogP contribution in [0.5, 0.6) is 0 Å². The van der Waals surface area contributed by atoms with Gasteiger partial charge in [0.15, 0.2) is 5.13 Å². The van der Waals surface area contributed by atoms with Crippen molar-refractivity contribution in [1.82, 2.24) is 15.3 Å². The Morgan fingerprint density at radius 3 is 2.75 bits per heavy atom.